The van der Waals surface area contributed by atoms with Gasteiger partial charge < -0.3 is 15.4 Å². The van der Waals surface area contributed by atoms with Gasteiger partial charge in [-0.1, -0.05) is 29.3 Å². The minimum absolute atomic E-state index is 0.162. The van der Waals surface area contributed by atoms with Crippen LogP contribution < -0.4 is 5.32 Å². The number of benzene rings is 1. The average Bonchev–Trinajstić information content (AvgIpc) is 2.85. The Morgan fingerprint density at radius 2 is 1.91 bits per heavy atom. The first kappa shape index (κ1) is 16.1. The third kappa shape index (κ3) is 3.15. The van der Waals surface area contributed by atoms with Crippen molar-refractivity contribution < 1.29 is 9.90 Å². The number of carboxylic acid groups (broad SMARTS) is 1. The minimum atomic E-state index is -1.00. The number of aromatic nitrogens is 1. The van der Waals surface area contributed by atoms with E-state index < -0.39 is 5.97 Å². The highest BCUT2D eigenvalue weighted by Crippen LogP contribution is 2.36. The third-order valence-electron chi connectivity index (χ3n) is 4.00. The van der Waals surface area contributed by atoms with Crippen molar-refractivity contribution >= 4 is 34.7 Å². The Morgan fingerprint density at radius 3 is 2.48 bits per heavy atom. The van der Waals surface area contributed by atoms with Crippen LogP contribution in [-0.4, -0.2) is 29.1 Å². The van der Waals surface area contributed by atoms with Gasteiger partial charge in [0.15, 0.2) is 0 Å². The van der Waals surface area contributed by atoms with Crippen LogP contribution in [0.1, 0.15) is 28.2 Å². The summed E-state index contributed by atoms with van der Waals surface area (Å²) in [5.41, 5.74) is 4.40. The van der Waals surface area contributed by atoms with Gasteiger partial charge in [-0.15, -0.1) is 0 Å². The van der Waals surface area contributed by atoms with Crippen LogP contribution >= 0.6 is 23.2 Å². The molecule has 1 aliphatic heterocycles. The highest BCUT2D eigenvalue weighted by Gasteiger charge is 2.23. The van der Waals surface area contributed by atoms with E-state index in [0.717, 1.165) is 36.3 Å². The Labute approximate surface area is 144 Å². The lowest BCUT2D eigenvalue weighted by atomic mass is 9.97. The largest absolute Gasteiger partial charge is 0.477 e. The van der Waals surface area contributed by atoms with Crippen LogP contribution in [0.2, 0.25) is 10.0 Å². The average molecular weight is 351 g/mol. The molecule has 0 amide bonds. The SMILES string of the molecule is Cc1c(C2=CCNCC2)[nH]c(C(=O)O)c1-c1cc(Cl)cc(Cl)c1. The van der Waals surface area contributed by atoms with Crippen molar-refractivity contribution in [1.29, 1.82) is 0 Å². The second-order valence-corrected chi connectivity index (χ2v) is 6.39. The Balaban J connectivity index is 2.21. The van der Waals surface area contributed by atoms with Gasteiger partial charge in [0.1, 0.15) is 5.69 Å². The number of carboxylic acids is 1. The second kappa shape index (κ2) is 6.40. The molecule has 23 heavy (non-hydrogen) atoms. The van der Waals surface area contributed by atoms with Crippen molar-refractivity contribution in [2.24, 2.45) is 0 Å². The first-order valence-electron chi connectivity index (χ1n) is 7.30. The molecule has 4 nitrogen and oxygen atoms in total. The molecule has 0 saturated heterocycles. The van der Waals surface area contributed by atoms with E-state index in [1.807, 2.05) is 6.92 Å². The molecular weight excluding hydrogens is 335 g/mol. The molecule has 2 aromatic rings. The molecule has 0 bridgehead atoms. The summed E-state index contributed by atoms with van der Waals surface area (Å²) in [7, 11) is 0. The van der Waals surface area contributed by atoms with Crippen LogP contribution in [-0.2, 0) is 0 Å². The number of carbonyl (C=O) groups is 1. The van der Waals surface area contributed by atoms with Gasteiger partial charge >= 0.3 is 5.97 Å². The van der Waals surface area contributed by atoms with Crippen molar-refractivity contribution in [2.75, 3.05) is 13.1 Å². The standard InChI is InChI=1S/C17H16Cl2N2O2/c1-9-14(11-6-12(18)8-13(19)7-11)16(17(22)23)21-15(9)10-2-4-20-5-3-10/h2,6-8,20-21H,3-5H2,1H3,(H,22,23). The van der Waals surface area contributed by atoms with Gasteiger partial charge in [0.2, 0.25) is 0 Å². The van der Waals surface area contributed by atoms with E-state index >= 15 is 0 Å². The van der Waals surface area contributed by atoms with Gasteiger partial charge in [0, 0.05) is 27.8 Å². The quantitative estimate of drug-likeness (QED) is 0.769. The fourth-order valence-corrected chi connectivity index (χ4v) is 3.51. The molecular formula is C17H16Cl2N2O2. The van der Waals surface area contributed by atoms with Crippen molar-refractivity contribution in [1.82, 2.24) is 10.3 Å². The van der Waals surface area contributed by atoms with Crippen molar-refractivity contribution in [3.05, 3.63) is 51.3 Å². The van der Waals surface area contributed by atoms with E-state index in [4.69, 9.17) is 23.2 Å². The van der Waals surface area contributed by atoms with Crippen molar-refractivity contribution in [3.8, 4) is 11.1 Å². The molecule has 3 rings (SSSR count). The van der Waals surface area contributed by atoms with Gasteiger partial charge in [0.05, 0.1) is 0 Å². The fraction of sp³-hybridized carbons (Fsp3) is 0.235. The van der Waals surface area contributed by atoms with Crippen molar-refractivity contribution in [2.45, 2.75) is 13.3 Å². The molecule has 3 N–H and O–H groups in total. The van der Waals surface area contributed by atoms with E-state index in [-0.39, 0.29) is 5.69 Å². The molecule has 0 radical (unpaired) electrons. The zero-order valence-electron chi connectivity index (χ0n) is 12.5. The minimum Gasteiger partial charge on any atom is -0.477 e. The maximum Gasteiger partial charge on any atom is 0.352 e. The summed E-state index contributed by atoms with van der Waals surface area (Å²) >= 11 is 12.2. The van der Waals surface area contributed by atoms with E-state index in [1.54, 1.807) is 18.2 Å². The first-order chi connectivity index (χ1) is 11.0. The highest BCUT2D eigenvalue weighted by molar-refractivity contribution is 6.35. The molecule has 120 valence electrons. The summed E-state index contributed by atoms with van der Waals surface area (Å²) in [6, 6.07) is 5.10. The molecule has 0 atom stereocenters. The number of aromatic carboxylic acids is 1. The summed E-state index contributed by atoms with van der Waals surface area (Å²) < 4.78 is 0. The predicted molar refractivity (Wildman–Crippen MR) is 93.4 cm³/mol. The summed E-state index contributed by atoms with van der Waals surface area (Å²) in [6.07, 6.45) is 2.94. The zero-order valence-corrected chi connectivity index (χ0v) is 14.1. The second-order valence-electron chi connectivity index (χ2n) is 5.52. The molecule has 1 aromatic heterocycles. The molecule has 6 heteroatoms. The maximum atomic E-state index is 11.7. The molecule has 0 spiro atoms. The number of H-pyrrole nitrogens is 1. The number of rotatable bonds is 3. The maximum absolute atomic E-state index is 11.7. The van der Waals surface area contributed by atoms with Gasteiger partial charge in [-0.2, -0.15) is 0 Å². The molecule has 1 aromatic carbocycles. The monoisotopic (exact) mass is 350 g/mol. The van der Waals surface area contributed by atoms with Crippen LogP contribution in [0, 0.1) is 6.92 Å². The van der Waals surface area contributed by atoms with Crippen LogP contribution in [0.25, 0.3) is 16.7 Å². The van der Waals surface area contributed by atoms with E-state index in [9.17, 15) is 9.90 Å². The normalized spacial score (nSPS) is 14.7. The number of hydrogen-bond donors (Lipinski definition) is 3. The molecule has 2 heterocycles. The molecule has 0 unspecified atom stereocenters. The summed E-state index contributed by atoms with van der Waals surface area (Å²) in [5.74, 6) is -1.00. The number of hydrogen-bond acceptors (Lipinski definition) is 2. The van der Waals surface area contributed by atoms with Crippen LogP contribution in [0.5, 0.6) is 0 Å². The topological polar surface area (TPSA) is 65.1 Å². The number of nitrogens with one attached hydrogen (secondary N) is 2. The lowest BCUT2D eigenvalue weighted by Crippen LogP contribution is -2.20. The van der Waals surface area contributed by atoms with Crippen LogP contribution in [0.4, 0.5) is 0 Å². The Morgan fingerprint density at radius 1 is 1.22 bits per heavy atom. The predicted octanol–water partition coefficient (Wildman–Crippen LogP) is 4.37. The molecule has 1 aliphatic rings. The van der Waals surface area contributed by atoms with Crippen LogP contribution in [0.3, 0.4) is 0 Å². The third-order valence-corrected chi connectivity index (χ3v) is 4.44. The Bertz CT molecular complexity index is 789. The fourth-order valence-electron chi connectivity index (χ4n) is 2.98. The summed E-state index contributed by atoms with van der Waals surface area (Å²) in [5, 5.41) is 13.8. The zero-order chi connectivity index (χ0) is 16.6. The lowest BCUT2D eigenvalue weighted by Gasteiger charge is -2.14. The molecule has 0 fully saturated rings. The summed E-state index contributed by atoms with van der Waals surface area (Å²) in [6.45, 7) is 3.59. The Kier molecular flexibility index (Phi) is 4.48. The van der Waals surface area contributed by atoms with Gasteiger partial charge in [-0.05, 0) is 54.8 Å². The lowest BCUT2D eigenvalue weighted by molar-refractivity contribution is 0.0692. The Hall–Kier alpha value is -1.75. The smallest absolute Gasteiger partial charge is 0.352 e. The van der Waals surface area contributed by atoms with E-state index in [0.29, 0.717) is 21.2 Å². The number of aromatic amines is 1. The van der Waals surface area contributed by atoms with Gasteiger partial charge in [-0.25, -0.2) is 4.79 Å². The molecule has 0 saturated carbocycles. The number of halogens is 2. The van der Waals surface area contributed by atoms with Gasteiger partial charge in [0.25, 0.3) is 0 Å². The van der Waals surface area contributed by atoms with E-state index in [2.05, 4.69) is 16.4 Å². The first-order valence-corrected chi connectivity index (χ1v) is 8.05. The van der Waals surface area contributed by atoms with E-state index in [1.165, 1.54) is 0 Å². The summed E-state index contributed by atoms with van der Waals surface area (Å²) in [4.78, 5) is 14.8. The van der Waals surface area contributed by atoms with Crippen LogP contribution in [0.15, 0.2) is 24.3 Å². The van der Waals surface area contributed by atoms with Crippen molar-refractivity contribution in [3.63, 3.8) is 0 Å². The highest BCUT2D eigenvalue weighted by atomic mass is 35.5. The van der Waals surface area contributed by atoms with Gasteiger partial charge in [-0.3, -0.25) is 0 Å². The molecule has 0 aliphatic carbocycles.